The maximum atomic E-state index is 12.6. The Morgan fingerprint density at radius 2 is 1.70 bits per heavy atom. The molecular weight excluding hydrogens is 372 g/mol. The summed E-state index contributed by atoms with van der Waals surface area (Å²) in [5.41, 5.74) is 1.95. The maximum absolute atomic E-state index is 12.6. The van der Waals surface area contributed by atoms with Crippen LogP contribution in [0.25, 0.3) is 0 Å². The zero-order valence-electron chi connectivity index (χ0n) is 15.2. The van der Waals surface area contributed by atoms with Crippen molar-refractivity contribution in [3.8, 4) is 17.2 Å². The van der Waals surface area contributed by atoms with Gasteiger partial charge < -0.3 is 19.5 Å². The highest BCUT2D eigenvalue weighted by Crippen LogP contribution is 2.38. The smallest absolute Gasteiger partial charge is 0.240 e. The van der Waals surface area contributed by atoms with Gasteiger partial charge in [-0.05, 0) is 41.5 Å². The van der Waals surface area contributed by atoms with Crippen LogP contribution in [0.5, 0.6) is 17.2 Å². The van der Waals surface area contributed by atoms with E-state index < -0.39 is 10.0 Å². The Morgan fingerprint density at radius 3 is 2.30 bits per heavy atom. The topological polar surface area (TPSA) is 103 Å². The molecule has 0 aromatic heterocycles. The highest BCUT2D eigenvalue weighted by atomic mass is 32.2. The lowest BCUT2D eigenvalue weighted by Crippen LogP contribution is -2.23. The number of carbonyl (C=O) groups is 1. The summed E-state index contributed by atoms with van der Waals surface area (Å²) in [5, 5.41) is 2.68. The lowest BCUT2D eigenvalue weighted by Gasteiger charge is -2.14. The maximum Gasteiger partial charge on any atom is 0.240 e. The first-order chi connectivity index (χ1) is 12.9. The van der Waals surface area contributed by atoms with Gasteiger partial charge in [0.15, 0.2) is 11.5 Å². The van der Waals surface area contributed by atoms with Crippen molar-refractivity contribution in [1.29, 1.82) is 0 Å². The van der Waals surface area contributed by atoms with Gasteiger partial charge in [0.25, 0.3) is 0 Å². The normalized spacial score (nSPS) is 13.1. The predicted molar refractivity (Wildman–Crippen MR) is 98.9 cm³/mol. The first-order valence-electron chi connectivity index (χ1n) is 8.09. The van der Waals surface area contributed by atoms with E-state index in [4.69, 9.17) is 14.2 Å². The largest absolute Gasteiger partial charge is 0.493 e. The van der Waals surface area contributed by atoms with Crippen molar-refractivity contribution in [2.75, 3.05) is 26.6 Å². The summed E-state index contributed by atoms with van der Waals surface area (Å²) < 4.78 is 43.6. The lowest BCUT2D eigenvalue weighted by atomic mass is 10.2. The van der Waals surface area contributed by atoms with Crippen LogP contribution in [0.1, 0.15) is 11.1 Å². The van der Waals surface area contributed by atoms with Crippen LogP contribution in [0.4, 0.5) is 5.69 Å². The second-order valence-corrected chi connectivity index (χ2v) is 7.67. The van der Waals surface area contributed by atoms with E-state index in [1.165, 1.54) is 33.5 Å². The van der Waals surface area contributed by atoms with Gasteiger partial charge in [-0.2, -0.15) is 0 Å². The monoisotopic (exact) mass is 392 g/mol. The Morgan fingerprint density at radius 1 is 1.04 bits per heavy atom. The number of sulfonamides is 1. The number of hydrogen-bond acceptors (Lipinski definition) is 6. The van der Waals surface area contributed by atoms with Crippen LogP contribution in [0.3, 0.4) is 0 Å². The second-order valence-electron chi connectivity index (χ2n) is 5.90. The molecule has 0 saturated heterocycles. The third kappa shape index (κ3) is 3.83. The first-order valence-corrected chi connectivity index (χ1v) is 9.57. The number of rotatable bonds is 7. The molecule has 8 nitrogen and oxygen atoms in total. The molecule has 2 N–H and O–H groups in total. The number of methoxy groups -OCH3 is 3. The summed E-state index contributed by atoms with van der Waals surface area (Å²) in [6, 6.07) is 7.91. The molecule has 0 fully saturated rings. The number of carbonyl (C=O) groups excluding carboxylic acids is 1. The molecule has 2 aromatic carbocycles. The highest BCUT2D eigenvalue weighted by Gasteiger charge is 2.22. The van der Waals surface area contributed by atoms with Crippen molar-refractivity contribution in [2.45, 2.75) is 17.9 Å². The molecule has 0 radical (unpaired) electrons. The molecule has 144 valence electrons. The van der Waals surface area contributed by atoms with E-state index in [-0.39, 0.29) is 23.8 Å². The number of amides is 1. The molecule has 1 heterocycles. The summed E-state index contributed by atoms with van der Waals surface area (Å²) in [6.07, 6.45) is 0.172. The van der Waals surface area contributed by atoms with Crippen LogP contribution in [0, 0.1) is 0 Å². The summed E-state index contributed by atoms with van der Waals surface area (Å²) in [4.78, 5) is 11.5. The molecule has 2 aromatic rings. The van der Waals surface area contributed by atoms with Crippen LogP contribution in [-0.4, -0.2) is 35.7 Å². The van der Waals surface area contributed by atoms with Crippen LogP contribution in [-0.2, 0) is 27.8 Å². The number of ether oxygens (including phenoxy) is 3. The van der Waals surface area contributed by atoms with E-state index in [0.717, 1.165) is 0 Å². The molecular formula is C18H20N2O6S. The van der Waals surface area contributed by atoms with E-state index in [2.05, 4.69) is 10.0 Å². The molecule has 3 rings (SSSR count). The number of benzene rings is 2. The standard InChI is InChI=1S/C18H20N2O6S/c1-24-15-6-11(7-16(25-2)18(15)26-3)10-19-27(22,23)13-4-5-14-12(8-13)9-17(21)20-14/h4-8,19H,9-10H2,1-3H3,(H,20,21). The van der Waals surface area contributed by atoms with Gasteiger partial charge >= 0.3 is 0 Å². The van der Waals surface area contributed by atoms with E-state index >= 15 is 0 Å². The van der Waals surface area contributed by atoms with Crippen molar-refractivity contribution in [1.82, 2.24) is 4.72 Å². The summed E-state index contributed by atoms with van der Waals surface area (Å²) in [5.74, 6) is 1.16. The van der Waals surface area contributed by atoms with Crippen molar-refractivity contribution in [2.24, 2.45) is 0 Å². The lowest BCUT2D eigenvalue weighted by molar-refractivity contribution is -0.115. The molecule has 0 aliphatic carbocycles. The zero-order valence-corrected chi connectivity index (χ0v) is 16.0. The van der Waals surface area contributed by atoms with Gasteiger partial charge in [0.2, 0.25) is 21.7 Å². The minimum absolute atomic E-state index is 0.0350. The molecule has 0 atom stereocenters. The van der Waals surface area contributed by atoms with Crippen molar-refractivity contribution < 1.29 is 27.4 Å². The number of hydrogen-bond donors (Lipinski definition) is 2. The minimum Gasteiger partial charge on any atom is -0.493 e. The predicted octanol–water partition coefficient (Wildman–Crippen LogP) is 1.69. The molecule has 1 amide bonds. The van der Waals surface area contributed by atoms with Gasteiger partial charge in [-0.25, -0.2) is 13.1 Å². The van der Waals surface area contributed by atoms with Crippen molar-refractivity contribution >= 4 is 21.6 Å². The van der Waals surface area contributed by atoms with Gasteiger partial charge in [-0.1, -0.05) is 0 Å². The fourth-order valence-electron chi connectivity index (χ4n) is 2.87. The fraction of sp³-hybridized carbons (Fsp3) is 0.278. The van der Waals surface area contributed by atoms with E-state index in [0.29, 0.717) is 34.1 Å². The molecule has 1 aliphatic heterocycles. The molecule has 27 heavy (non-hydrogen) atoms. The van der Waals surface area contributed by atoms with E-state index in [9.17, 15) is 13.2 Å². The van der Waals surface area contributed by atoms with Crippen molar-refractivity contribution in [3.05, 3.63) is 41.5 Å². The number of nitrogens with one attached hydrogen (secondary N) is 2. The molecule has 0 unspecified atom stereocenters. The molecule has 9 heteroatoms. The van der Waals surface area contributed by atoms with Gasteiger partial charge in [0.1, 0.15) is 0 Å². The Hall–Kier alpha value is -2.78. The first kappa shape index (κ1) is 19.0. The van der Waals surface area contributed by atoms with Crippen LogP contribution >= 0.6 is 0 Å². The molecule has 1 aliphatic rings. The summed E-state index contributed by atoms with van der Waals surface area (Å²) in [7, 11) is 0.724. The third-order valence-electron chi connectivity index (χ3n) is 4.20. The van der Waals surface area contributed by atoms with Gasteiger partial charge in [0, 0.05) is 12.2 Å². The SMILES string of the molecule is COc1cc(CNS(=O)(=O)c2ccc3c(c2)CC(=O)N3)cc(OC)c1OC. The second kappa shape index (κ2) is 7.45. The Kier molecular flexibility index (Phi) is 5.24. The Bertz CT molecular complexity index is 962. The minimum atomic E-state index is -3.75. The average molecular weight is 392 g/mol. The zero-order chi connectivity index (χ0) is 19.6. The number of anilines is 1. The van der Waals surface area contributed by atoms with Gasteiger partial charge in [0.05, 0.1) is 32.6 Å². The van der Waals surface area contributed by atoms with Crippen LogP contribution < -0.4 is 24.2 Å². The van der Waals surface area contributed by atoms with Crippen molar-refractivity contribution in [3.63, 3.8) is 0 Å². The highest BCUT2D eigenvalue weighted by molar-refractivity contribution is 7.89. The molecule has 0 spiro atoms. The third-order valence-corrected chi connectivity index (χ3v) is 5.60. The van der Waals surface area contributed by atoms with E-state index in [1.54, 1.807) is 18.2 Å². The van der Waals surface area contributed by atoms with Crippen LogP contribution in [0.2, 0.25) is 0 Å². The molecule has 0 saturated carbocycles. The average Bonchev–Trinajstić information content (AvgIpc) is 3.04. The Balaban J connectivity index is 1.82. The Labute approximate surface area is 157 Å². The number of fused-ring (bicyclic) bond motifs is 1. The summed E-state index contributed by atoms with van der Waals surface area (Å²) >= 11 is 0. The van der Waals surface area contributed by atoms with Gasteiger partial charge in [-0.3, -0.25) is 4.79 Å². The van der Waals surface area contributed by atoms with E-state index in [1.807, 2.05) is 0 Å². The van der Waals surface area contributed by atoms with Crippen LogP contribution in [0.15, 0.2) is 35.2 Å². The summed E-state index contributed by atoms with van der Waals surface area (Å²) in [6.45, 7) is 0.0350. The molecule has 0 bridgehead atoms. The quantitative estimate of drug-likeness (QED) is 0.743. The van der Waals surface area contributed by atoms with Gasteiger partial charge in [-0.15, -0.1) is 0 Å². The fourth-order valence-corrected chi connectivity index (χ4v) is 3.94.